The Morgan fingerprint density at radius 2 is 2.17 bits per heavy atom. The van der Waals surface area contributed by atoms with Gasteiger partial charge in [-0.25, -0.2) is 9.98 Å². The molecule has 8 heteroatoms. The van der Waals surface area contributed by atoms with Crippen LogP contribution in [0.25, 0.3) is 0 Å². The molecule has 0 atom stereocenters. The minimum atomic E-state index is -4.52. The summed E-state index contributed by atoms with van der Waals surface area (Å²) in [6.45, 7) is 2.05. The topological polar surface area (TPSA) is 30.2 Å². The van der Waals surface area contributed by atoms with Gasteiger partial charge in [-0.2, -0.15) is 13.2 Å². The molecule has 0 fully saturated rings. The van der Waals surface area contributed by atoms with Crippen molar-refractivity contribution >= 4 is 34.2 Å². The summed E-state index contributed by atoms with van der Waals surface area (Å²) in [6, 6.07) is 3.57. The number of hydrogen-bond donors (Lipinski definition) is 0. The summed E-state index contributed by atoms with van der Waals surface area (Å²) in [5.74, 6) is 0.766. The fourth-order valence-corrected chi connectivity index (χ4v) is 2.99. The van der Waals surface area contributed by atoms with Gasteiger partial charge < -0.3 is 0 Å². The Balaban J connectivity index is 2.42. The second-order valence-electron chi connectivity index (χ2n) is 4.73. The van der Waals surface area contributed by atoms with Crippen LogP contribution in [-0.4, -0.2) is 20.5 Å². The van der Waals surface area contributed by atoms with Crippen LogP contribution in [0.3, 0.4) is 0 Å². The second-order valence-corrected chi connectivity index (χ2v) is 6.22. The maximum atomic E-state index is 13.2. The van der Waals surface area contributed by atoms with E-state index in [0.717, 1.165) is 24.7 Å². The number of thioether (sulfide) groups is 1. The lowest BCUT2D eigenvalue weighted by Gasteiger charge is -2.12. The summed E-state index contributed by atoms with van der Waals surface area (Å²) < 4.78 is 41.1. The van der Waals surface area contributed by atoms with E-state index in [9.17, 15) is 13.2 Å². The lowest BCUT2D eigenvalue weighted by Crippen LogP contribution is -2.09. The molecule has 0 saturated heterocycles. The van der Waals surface area contributed by atoms with Crippen molar-refractivity contribution in [3.63, 3.8) is 0 Å². The third-order valence-corrected chi connectivity index (χ3v) is 4.22. The van der Waals surface area contributed by atoms with E-state index in [2.05, 4.69) is 16.9 Å². The fourth-order valence-electron chi connectivity index (χ4n) is 1.78. The fraction of sp³-hybridized carbons (Fsp3) is 0.333. The normalized spacial score (nSPS) is 12.7. The molecular weight excluding hydrogens is 347 g/mol. The molecule has 0 radical (unpaired) electrons. The highest BCUT2D eigenvalue weighted by Gasteiger charge is 2.34. The molecule has 0 aliphatic carbocycles. The molecule has 3 nitrogen and oxygen atoms in total. The molecule has 0 amide bonds. The highest BCUT2D eigenvalue weighted by atomic mass is 35.5. The largest absolute Gasteiger partial charge is 0.418 e. The molecule has 0 N–H and O–H groups in total. The zero-order valence-electron chi connectivity index (χ0n) is 12.3. The van der Waals surface area contributed by atoms with Crippen LogP contribution < -0.4 is 0 Å². The van der Waals surface area contributed by atoms with Crippen molar-refractivity contribution in [3.05, 3.63) is 47.5 Å². The van der Waals surface area contributed by atoms with E-state index < -0.39 is 11.7 Å². The van der Waals surface area contributed by atoms with Crippen LogP contribution in [0, 0.1) is 0 Å². The van der Waals surface area contributed by atoms with E-state index in [4.69, 9.17) is 11.6 Å². The molecule has 1 aromatic carbocycles. The minimum Gasteiger partial charge on any atom is -0.285 e. The Hall–Kier alpha value is -1.47. The SMILES string of the molecule is CCCCSC(=Nc1ccc(Cl)cc1C(F)(F)F)n1ccnc1. The minimum absolute atomic E-state index is 0.0269. The molecule has 0 saturated carbocycles. The van der Waals surface area contributed by atoms with Gasteiger partial charge in [-0.1, -0.05) is 36.7 Å². The van der Waals surface area contributed by atoms with E-state index in [1.807, 2.05) is 0 Å². The molecular formula is C15H15ClF3N3S. The van der Waals surface area contributed by atoms with Crippen molar-refractivity contribution in [2.45, 2.75) is 25.9 Å². The van der Waals surface area contributed by atoms with Crippen LogP contribution >= 0.6 is 23.4 Å². The maximum Gasteiger partial charge on any atom is 0.418 e. The predicted octanol–water partition coefficient (Wildman–Crippen LogP) is 5.62. The Morgan fingerprint density at radius 1 is 1.39 bits per heavy atom. The standard InChI is InChI=1S/C15H15ClF3N3S/c1-2-3-8-23-14(22-7-6-20-10-22)21-13-5-4-11(16)9-12(13)15(17,18)19/h4-7,9-10H,2-3,8H2,1H3. The van der Waals surface area contributed by atoms with Crippen LogP contribution in [0.4, 0.5) is 18.9 Å². The summed E-state index contributed by atoms with van der Waals surface area (Å²) in [7, 11) is 0. The number of alkyl halides is 3. The van der Waals surface area contributed by atoms with Gasteiger partial charge in [0.2, 0.25) is 0 Å². The van der Waals surface area contributed by atoms with Crippen molar-refractivity contribution in [3.8, 4) is 0 Å². The van der Waals surface area contributed by atoms with Gasteiger partial charge >= 0.3 is 6.18 Å². The smallest absolute Gasteiger partial charge is 0.285 e. The van der Waals surface area contributed by atoms with Gasteiger partial charge in [0.25, 0.3) is 0 Å². The van der Waals surface area contributed by atoms with Gasteiger partial charge in [-0.05, 0) is 24.6 Å². The first kappa shape index (κ1) is 17.9. The zero-order valence-corrected chi connectivity index (χ0v) is 13.9. The molecule has 1 aromatic heterocycles. The quantitative estimate of drug-likeness (QED) is 0.401. The van der Waals surface area contributed by atoms with Crippen LogP contribution in [0.1, 0.15) is 25.3 Å². The Bertz CT molecular complexity index is 669. The number of hydrogen-bond acceptors (Lipinski definition) is 3. The molecule has 0 aliphatic rings. The number of benzene rings is 1. The van der Waals surface area contributed by atoms with Crippen LogP contribution in [0.2, 0.25) is 5.02 Å². The average molecular weight is 362 g/mol. The number of nitrogens with zero attached hydrogens (tertiary/aromatic N) is 3. The first-order valence-electron chi connectivity index (χ1n) is 6.98. The van der Waals surface area contributed by atoms with E-state index in [1.54, 1.807) is 17.0 Å². The van der Waals surface area contributed by atoms with Gasteiger partial charge in [0.1, 0.15) is 6.33 Å². The Kier molecular flexibility index (Phi) is 6.12. The van der Waals surface area contributed by atoms with E-state index in [-0.39, 0.29) is 10.7 Å². The second kappa shape index (κ2) is 7.88. The first-order valence-corrected chi connectivity index (χ1v) is 8.34. The Morgan fingerprint density at radius 3 is 2.78 bits per heavy atom. The summed E-state index contributed by atoms with van der Waals surface area (Å²) in [5.41, 5.74) is -1.01. The van der Waals surface area contributed by atoms with Crippen molar-refractivity contribution in [2.75, 3.05) is 5.75 Å². The van der Waals surface area contributed by atoms with Crippen LogP contribution in [0.15, 0.2) is 41.9 Å². The predicted molar refractivity (Wildman–Crippen MR) is 88.5 cm³/mol. The maximum absolute atomic E-state index is 13.2. The van der Waals surface area contributed by atoms with Crippen molar-refractivity contribution in [2.24, 2.45) is 4.99 Å². The molecule has 0 spiro atoms. The lowest BCUT2D eigenvalue weighted by atomic mass is 10.2. The molecule has 0 bridgehead atoms. The average Bonchev–Trinajstić information content (AvgIpc) is 3.01. The molecule has 0 aliphatic heterocycles. The first-order chi connectivity index (χ1) is 10.9. The molecule has 2 rings (SSSR count). The van der Waals surface area contributed by atoms with Crippen LogP contribution in [0.5, 0.6) is 0 Å². The number of imidazole rings is 1. The van der Waals surface area contributed by atoms with Gasteiger partial charge in [0, 0.05) is 23.2 Å². The van der Waals surface area contributed by atoms with E-state index in [1.165, 1.54) is 30.2 Å². The zero-order chi connectivity index (χ0) is 16.9. The highest BCUT2D eigenvalue weighted by molar-refractivity contribution is 8.13. The van der Waals surface area contributed by atoms with Gasteiger partial charge in [0.15, 0.2) is 5.17 Å². The lowest BCUT2D eigenvalue weighted by molar-refractivity contribution is -0.137. The number of rotatable bonds is 4. The number of halogens is 4. The van der Waals surface area contributed by atoms with E-state index >= 15 is 0 Å². The van der Waals surface area contributed by atoms with Crippen molar-refractivity contribution in [1.29, 1.82) is 0 Å². The number of aromatic nitrogens is 2. The van der Waals surface area contributed by atoms with Gasteiger partial charge in [0.05, 0.1) is 11.3 Å². The van der Waals surface area contributed by atoms with Gasteiger partial charge in [-0.15, -0.1) is 0 Å². The van der Waals surface area contributed by atoms with Crippen molar-refractivity contribution in [1.82, 2.24) is 9.55 Å². The summed E-state index contributed by atoms with van der Waals surface area (Å²) in [6.07, 6.45) is 2.16. The monoisotopic (exact) mass is 361 g/mol. The molecule has 2 aromatic rings. The summed E-state index contributed by atoms with van der Waals surface area (Å²) >= 11 is 7.09. The molecule has 23 heavy (non-hydrogen) atoms. The number of unbranched alkanes of at least 4 members (excludes halogenated alkanes) is 1. The molecule has 124 valence electrons. The number of aliphatic imine (C=N–C) groups is 1. The summed E-state index contributed by atoms with van der Waals surface area (Å²) in [4.78, 5) is 8.13. The highest BCUT2D eigenvalue weighted by Crippen LogP contribution is 2.38. The van der Waals surface area contributed by atoms with Crippen LogP contribution in [-0.2, 0) is 6.18 Å². The third-order valence-electron chi connectivity index (χ3n) is 2.93. The molecule has 1 heterocycles. The van der Waals surface area contributed by atoms with Crippen molar-refractivity contribution < 1.29 is 13.2 Å². The van der Waals surface area contributed by atoms with E-state index in [0.29, 0.717) is 5.17 Å². The van der Waals surface area contributed by atoms with Gasteiger partial charge in [-0.3, -0.25) is 4.57 Å². The molecule has 0 unspecified atom stereocenters. The third kappa shape index (κ3) is 5.00. The Labute approximate surface area is 141 Å². The summed E-state index contributed by atoms with van der Waals surface area (Å²) in [5, 5.41) is 0.475.